The van der Waals surface area contributed by atoms with Gasteiger partial charge in [0.25, 0.3) is 0 Å². The molecule has 1 aromatic rings. The first kappa shape index (κ1) is 15.9. The Balaban J connectivity index is 1.90. The van der Waals surface area contributed by atoms with Crippen molar-refractivity contribution >= 4 is 5.97 Å². The highest BCUT2D eigenvalue weighted by atomic mass is 16.6. The summed E-state index contributed by atoms with van der Waals surface area (Å²) in [6.45, 7) is 0.0435. The Hall–Kier alpha value is -1.47. The summed E-state index contributed by atoms with van der Waals surface area (Å²) in [5.74, 6) is -0.429. The largest absolute Gasteiger partial charge is 0.459 e. The van der Waals surface area contributed by atoms with Crippen molar-refractivity contribution in [2.75, 3.05) is 20.7 Å². The lowest BCUT2D eigenvalue weighted by Gasteiger charge is -2.39. The van der Waals surface area contributed by atoms with E-state index in [1.54, 1.807) is 24.3 Å². The molecule has 1 saturated heterocycles. The van der Waals surface area contributed by atoms with Gasteiger partial charge in [0, 0.05) is 6.04 Å². The Kier molecular flexibility index (Phi) is 5.30. The number of esters is 1. The molecule has 0 amide bonds. The van der Waals surface area contributed by atoms with Gasteiger partial charge in [0.1, 0.15) is 12.7 Å². The predicted octanol–water partition coefficient (Wildman–Crippen LogP) is 0.242. The molecule has 2 rings (SSSR count). The first-order chi connectivity index (χ1) is 9.99. The Morgan fingerprint density at radius 3 is 2.62 bits per heavy atom. The van der Waals surface area contributed by atoms with Crippen LogP contribution in [0.2, 0.25) is 0 Å². The molecule has 1 fully saturated rings. The summed E-state index contributed by atoms with van der Waals surface area (Å²) in [6, 6.07) is 8.44. The molecule has 1 aromatic carbocycles. The molecule has 21 heavy (non-hydrogen) atoms. The monoisotopic (exact) mass is 295 g/mol. The van der Waals surface area contributed by atoms with Gasteiger partial charge in [-0.15, -0.1) is 0 Å². The van der Waals surface area contributed by atoms with Gasteiger partial charge in [0.15, 0.2) is 6.29 Å². The van der Waals surface area contributed by atoms with Gasteiger partial charge in [-0.05, 0) is 32.6 Å². The van der Waals surface area contributed by atoms with Crippen molar-refractivity contribution in [1.29, 1.82) is 0 Å². The molecular formula is C15H21NO5. The van der Waals surface area contributed by atoms with Crippen LogP contribution >= 0.6 is 0 Å². The molecule has 0 spiro atoms. The highest BCUT2D eigenvalue weighted by Crippen LogP contribution is 2.22. The third-order valence-electron chi connectivity index (χ3n) is 3.60. The third kappa shape index (κ3) is 4.01. The van der Waals surface area contributed by atoms with Gasteiger partial charge in [-0.1, -0.05) is 18.2 Å². The molecule has 6 heteroatoms. The van der Waals surface area contributed by atoms with Gasteiger partial charge < -0.3 is 24.6 Å². The molecule has 1 aliphatic heterocycles. The molecule has 0 bridgehead atoms. The van der Waals surface area contributed by atoms with Gasteiger partial charge in [-0.3, -0.25) is 0 Å². The lowest BCUT2D eigenvalue weighted by Crippen LogP contribution is -2.54. The molecule has 1 aliphatic rings. The van der Waals surface area contributed by atoms with Gasteiger partial charge in [0.2, 0.25) is 0 Å². The van der Waals surface area contributed by atoms with E-state index in [2.05, 4.69) is 0 Å². The van der Waals surface area contributed by atoms with Crippen LogP contribution in [0.25, 0.3) is 0 Å². The fourth-order valence-electron chi connectivity index (χ4n) is 2.38. The van der Waals surface area contributed by atoms with Crippen LogP contribution in [0.1, 0.15) is 16.8 Å². The van der Waals surface area contributed by atoms with Crippen LogP contribution in [0.15, 0.2) is 30.3 Å². The summed E-state index contributed by atoms with van der Waals surface area (Å²) in [7, 11) is 3.64. The second-order valence-electron chi connectivity index (χ2n) is 5.37. The zero-order valence-electron chi connectivity index (χ0n) is 12.2. The van der Waals surface area contributed by atoms with Gasteiger partial charge >= 0.3 is 5.97 Å². The average molecular weight is 295 g/mol. The third-order valence-corrected chi connectivity index (χ3v) is 3.60. The second kappa shape index (κ2) is 7.00. The van der Waals surface area contributed by atoms with E-state index >= 15 is 0 Å². The molecule has 3 unspecified atom stereocenters. The maximum Gasteiger partial charge on any atom is 0.338 e. The van der Waals surface area contributed by atoms with Crippen molar-refractivity contribution < 1.29 is 24.5 Å². The lowest BCUT2D eigenvalue weighted by molar-refractivity contribution is -0.239. The minimum absolute atomic E-state index is 0.0435. The minimum Gasteiger partial charge on any atom is -0.459 e. The molecular weight excluding hydrogens is 274 g/mol. The zero-order valence-corrected chi connectivity index (χ0v) is 12.2. The van der Waals surface area contributed by atoms with Crippen LogP contribution in [0.5, 0.6) is 0 Å². The molecule has 4 atom stereocenters. The smallest absolute Gasteiger partial charge is 0.338 e. The van der Waals surface area contributed by atoms with Gasteiger partial charge in [-0.2, -0.15) is 0 Å². The first-order valence-electron chi connectivity index (χ1n) is 6.89. The summed E-state index contributed by atoms with van der Waals surface area (Å²) < 4.78 is 10.5. The maximum atomic E-state index is 11.8. The summed E-state index contributed by atoms with van der Waals surface area (Å²) in [4.78, 5) is 13.7. The second-order valence-corrected chi connectivity index (χ2v) is 5.37. The number of benzene rings is 1. The highest BCUT2D eigenvalue weighted by Gasteiger charge is 2.38. The molecule has 6 nitrogen and oxygen atoms in total. The topological polar surface area (TPSA) is 79.2 Å². The van der Waals surface area contributed by atoms with Crippen molar-refractivity contribution in [3.8, 4) is 0 Å². The molecule has 0 aromatic heterocycles. The number of hydrogen-bond donors (Lipinski definition) is 2. The molecule has 0 saturated carbocycles. The number of likely N-dealkylation sites (N-methyl/N-ethyl adjacent to an activating group) is 1. The van der Waals surface area contributed by atoms with E-state index in [-0.39, 0.29) is 12.6 Å². The number of carbonyl (C=O) groups excluding carboxylic acids is 1. The minimum atomic E-state index is -1.27. The van der Waals surface area contributed by atoms with Crippen LogP contribution in [0.3, 0.4) is 0 Å². The first-order valence-corrected chi connectivity index (χ1v) is 6.89. The van der Waals surface area contributed by atoms with Gasteiger partial charge in [0.05, 0.1) is 11.7 Å². The van der Waals surface area contributed by atoms with Crippen LogP contribution in [-0.4, -0.2) is 66.3 Å². The molecule has 0 radical (unpaired) electrons. The lowest BCUT2D eigenvalue weighted by atomic mass is 9.99. The number of carbonyl (C=O) groups is 1. The van der Waals surface area contributed by atoms with Crippen molar-refractivity contribution in [2.45, 2.75) is 31.0 Å². The van der Waals surface area contributed by atoms with E-state index in [0.29, 0.717) is 12.0 Å². The summed E-state index contributed by atoms with van der Waals surface area (Å²) >= 11 is 0. The fraction of sp³-hybridized carbons (Fsp3) is 0.533. The highest BCUT2D eigenvalue weighted by molar-refractivity contribution is 5.89. The van der Waals surface area contributed by atoms with Crippen molar-refractivity contribution in [1.82, 2.24) is 4.90 Å². The molecule has 0 aliphatic carbocycles. The summed E-state index contributed by atoms with van der Waals surface area (Å²) in [5.41, 5.74) is 0.470. The predicted molar refractivity (Wildman–Crippen MR) is 75.7 cm³/mol. The fourth-order valence-corrected chi connectivity index (χ4v) is 2.38. The van der Waals surface area contributed by atoms with Crippen molar-refractivity contribution in [3.05, 3.63) is 35.9 Å². The van der Waals surface area contributed by atoms with Gasteiger partial charge in [-0.25, -0.2) is 4.79 Å². The quantitative estimate of drug-likeness (QED) is 0.775. The van der Waals surface area contributed by atoms with E-state index < -0.39 is 24.5 Å². The Labute approximate surface area is 123 Å². The summed E-state index contributed by atoms with van der Waals surface area (Å²) in [5, 5.41) is 19.6. The van der Waals surface area contributed by atoms with E-state index in [0.717, 1.165) is 0 Å². The average Bonchev–Trinajstić information content (AvgIpc) is 2.48. The van der Waals surface area contributed by atoms with E-state index in [1.165, 1.54) is 0 Å². The van der Waals surface area contributed by atoms with Crippen molar-refractivity contribution in [2.24, 2.45) is 0 Å². The number of rotatable bonds is 4. The SMILES string of the molecule is CN(C)C1CC(COC(=O)c2ccccc2)O[C@@H](O)C1O. The van der Waals surface area contributed by atoms with Crippen LogP contribution in [-0.2, 0) is 9.47 Å². The number of aliphatic hydroxyl groups is 2. The Morgan fingerprint density at radius 1 is 1.33 bits per heavy atom. The number of aliphatic hydroxyl groups excluding tert-OH is 2. The normalized spacial score (nSPS) is 29.4. The number of nitrogens with zero attached hydrogens (tertiary/aromatic N) is 1. The molecule has 2 N–H and O–H groups in total. The molecule has 1 heterocycles. The van der Waals surface area contributed by atoms with E-state index in [4.69, 9.17) is 9.47 Å². The van der Waals surface area contributed by atoms with Crippen molar-refractivity contribution in [3.63, 3.8) is 0 Å². The summed E-state index contributed by atoms with van der Waals surface area (Å²) in [6.07, 6.45) is -2.20. The van der Waals surface area contributed by atoms with Crippen LogP contribution in [0, 0.1) is 0 Å². The zero-order chi connectivity index (χ0) is 15.4. The number of hydrogen-bond acceptors (Lipinski definition) is 6. The van der Waals surface area contributed by atoms with Crippen LogP contribution < -0.4 is 0 Å². The van der Waals surface area contributed by atoms with Crippen LogP contribution in [0.4, 0.5) is 0 Å². The molecule has 116 valence electrons. The van der Waals surface area contributed by atoms with E-state index in [9.17, 15) is 15.0 Å². The number of ether oxygens (including phenoxy) is 2. The Bertz CT molecular complexity index is 464. The standard InChI is InChI=1S/C15H21NO5/c1-16(2)12-8-11(21-15(19)13(12)17)9-20-14(18)10-6-4-3-5-7-10/h3-7,11-13,15,17,19H,8-9H2,1-2H3/t11?,12?,13?,15-/m1/s1. The maximum absolute atomic E-state index is 11.8. The van der Waals surface area contributed by atoms with E-state index in [1.807, 2.05) is 25.1 Å². The Morgan fingerprint density at radius 2 is 2.00 bits per heavy atom.